The van der Waals surface area contributed by atoms with Crippen LogP contribution >= 0.6 is 11.8 Å². The predicted octanol–water partition coefficient (Wildman–Crippen LogP) is 2.79. The number of nitrogens with one attached hydrogen (secondary N) is 1. The van der Waals surface area contributed by atoms with Crippen LogP contribution in [0.2, 0.25) is 0 Å². The van der Waals surface area contributed by atoms with Crippen LogP contribution < -0.4 is 10.1 Å². The molecule has 0 saturated carbocycles. The number of pyridine rings is 1. The van der Waals surface area contributed by atoms with E-state index < -0.39 is 0 Å². The number of benzene rings is 1. The molecule has 1 amide bonds. The third-order valence-corrected chi connectivity index (χ3v) is 4.14. The molecule has 3 rings (SSSR count). The number of aromatic nitrogens is 4. The van der Waals surface area contributed by atoms with Crippen LogP contribution in [0.15, 0.2) is 60.1 Å². The summed E-state index contributed by atoms with van der Waals surface area (Å²) in [6.45, 7) is 2.54. The fourth-order valence-electron chi connectivity index (χ4n) is 2.10. The molecule has 0 radical (unpaired) electrons. The van der Waals surface area contributed by atoms with E-state index in [1.165, 1.54) is 11.8 Å². The Kier molecular flexibility index (Phi) is 5.63. The zero-order valence-electron chi connectivity index (χ0n) is 13.6. The van der Waals surface area contributed by atoms with Crippen molar-refractivity contribution in [3.8, 4) is 11.6 Å². The predicted molar refractivity (Wildman–Crippen MR) is 96.1 cm³/mol. The lowest BCUT2D eigenvalue weighted by Gasteiger charge is -2.07. The average molecular weight is 355 g/mol. The lowest BCUT2D eigenvalue weighted by molar-refractivity contribution is -0.113. The molecular weight excluding hydrogens is 338 g/mol. The highest BCUT2D eigenvalue weighted by Crippen LogP contribution is 2.19. The van der Waals surface area contributed by atoms with Crippen molar-refractivity contribution in [2.45, 2.75) is 12.1 Å². The van der Waals surface area contributed by atoms with Gasteiger partial charge in [0.2, 0.25) is 5.91 Å². The van der Waals surface area contributed by atoms with Crippen molar-refractivity contribution in [3.05, 3.63) is 55.0 Å². The van der Waals surface area contributed by atoms with Gasteiger partial charge in [0.05, 0.1) is 12.4 Å². The first-order chi connectivity index (χ1) is 12.3. The number of ether oxygens (including phenoxy) is 1. The smallest absolute Gasteiger partial charge is 0.234 e. The molecule has 7 nitrogen and oxygen atoms in total. The summed E-state index contributed by atoms with van der Waals surface area (Å²) in [5.74, 6) is 1.59. The molecule has 0 bridgehead atoms. The first kappa shape index (κ1) is 17.0. The maximum atomic E-state index is 12.1. The van der Waals surface area contributed by atoms with Crippen molar-refractivity contribution in [3.63, 3.8) is 0 Å². The van der Waals surface area contributed by atoms with Crippen LogP contribution in [0, 0.1) is 0 Å². The molecule has 0 aliphatic heterocycles. The lowest BCUT2D eigenvalue weighted by Crippen LogP contribution is -2.14. The second kappa shape index (κ2) is 8.29. The second-order valence-electron chi connectivity index (χ2n) is 4.97. The molecule has 0 aliphatic rings. The van der Waals surface area contributed by atoms with Crippen LogP contribution in [0.1, 0.15) is 6.92 Å². The SMILES string of the molecule is CCOc1ccc(NC(=O)CSc2nncn2-c2ccccn2)cc1. The highest BCUT2D eigenvalue weighted by atomic mass is 32.2. The summed E-state index contributed by atoms with van der Waals surface area (Å²) in [5, 5.41) is 11.4. The number of hydrogen-bond acceptors (Lipinski definition) is 6. The van der Waals surface area contributed by atoms with Crippen molar-refractivity contribution in [2.24, 2.45) is 0 Å². The zero-order chi connectivity index (χ0) is 17.5. The Bertz CT molecular complexity index is 821. The van der Waals surface area contributed by atoms with Gasteiger partial charge in [-0.25, -0.2) is 4.98 Å². The molecule has 1 N–H and O–H groups in total. The van der Waals surface area contributed by atoms with Gasteiger partial charge in [0.1, 0.15) is 17.9 Å². The van der Waals surface area contributed by atoms with Gasteiger partial charge in [-0.15, -0.1) is 10.2 Å². The van der Waals surface area contributed by atoms with Gasteiger partial charge in [-0.1, -0.05) is 17.8 Å². The standard InChI is InChI=1S/C17H17N5O2S/c1-2-24-14-8-6-13(7-9-14)20-16(23)11-25-17-21-19-12-22(17)15-5-3-4-10-18-15/h3-10,12H,2,11H2,1H3,(H,20,23). The number of rotatable bonds is 7. The third-order valence-electron chi connectivity index (χ3n) is 3.19. The molecule has 3 aromatic rings. The Morgan fingerprint density at radius 1 is 1.24 bits per heavy atom. The highest BCUT2D eigenvalue weighted by Gasteiger charge is 2.11. The van der Waals surface area contributed by atoms with E-state index >= 15 is 0 Å². The minimum Gasteiger partial charge on any atom is -0.494 e. The van der Waals surface area contributed by atoms with E-state index in [9.17, 15) is 4.79 Å². The molecule has 1 aromatic carbocycles. The van der Waals surface area contributed by atoms with Gasteiger partial charge in [-0.2, -0.15) is 0 Å². The quantitative estimate of drug-likeness (QED) is 0.656. The van der Waals surface area contributed by atoms with Crippen molar-refractivity contribution in [1.29, 1.82) is 0 Å². The van der Waals surface area contributed by atoms with Crippen LogP contribution in [0.3, 0.4) is 0 Å². The molecular formula is C17H17N5O2S. The van der Waals surface area contributed by atoms with E-state index in [1.807, 2.05) is 49.4 Å². The topological polar surface area (TPSA) is 81.9 Å². The number of nitrogens with zero attached hydrogens (tertiary/aromatic N) is 4. The Morgan fingerprint density at radius 3 is 2.80 bits per heavy atom. The minimum atomic E-state index is -0.121. The summed E-state index contributed by atoms with van der Waals surface area (Å²) >= 11 is 1.30. The Hall–Kier alpha value is -2.87. The number of carbonyl (C=O) groups excluding carboxylic acids is 1. The summed E-state index contributed by atoms with van der Waals surface area (Å²) in [6.07, 6.45) is 3.28. The first-order valence-corrected chi connectivity index (χ1v) is 8.72. The molecule has 8 heteroatoms. The molecule has 0 unspecified atom stereocenters. The molecule has 0 aliphatic carbocycles. The van der Waals surface area contributed by atoms with Gasteiger partial charge in [-0.3, -0.25) is 9.36 Å². The summed E-state index contributed by atoms with van der Waals surface area (Å²) in [6, 6.07) is 12.8. The van der Waals surface area contributed by atoms with Crippen LogP contribution in [0.5, 0.6) is 5.75 Å². The number of carbonyl (C=O) groups is 1. The number of anilines is 1. The second-order valence-corrected chi connectivity index (χ2v) is 5.91. The van der Waals surface area contributed by atoms with E-state index in [-0.39, 0.29) is 11.7 Å². The minimum absolute atomic E-state index is 0.121. The van der Waals surface area contributed by atoms with E-state index in [0.717, 1.165) is 11.4 Å². The summed E-state index contributed by atoms with van der Waals surface area (Å²) in [5.41, 5.74) is 0.722. The van der Waals surface area contributed by atoms with Gasteiger partial charge in [0, 0.05) is 11.9 Å². The van der Waals surface area contributed by atoms with Crippen LogP contribution in [0.25, 0.3) is 5.82 Å². The van der Waals surface area contributed by atoms with E-state index in [1.54, 1.807) is 17.1 Å². The fraction of sp³-hybridized carbons (Fsp3) is 0.176. The van der Waals surface area contributed by atoms with Crippen LogP contribution in [0.4, 0.5) is 5.69 Å². The zero-order valence-corrected chi connectivity index (χ0v) is 14.4. The third kappa shape index (κ3) is 4.57. The number of hydrogen-bond donors (Lipinski definition) is 1. The molecule has 25 heavy (non-hydrogen) atoms. The highest BCUT2D eigenvalue weighted by molar-refractivity contribution is 7.99. The first-order valence-electron chi connectivity index (χ1n) is 7.73. The molecule has 0 fully saturated rings. The van der Waals surface area contributed by atoms with Gasteiger partial charge in [0.15, 0.2) is 5.16 Å². The molecule has 2 heterocycles. The van der Waals surface area contributed by atoms with Gasteiger partial charge < -0.3 is 10.1 Å². The summed E-state index contributed by atoms with van der Waals surface area (Å²) in [7, 11) is 0. The Labute approximate surface area is 149 Å². The largest absolute Gasteiger partial charge is 0.494 e. The monoisotopic (exact) mass is 355 g/mol. The molecule has 0 saturated heterocycles. The maximum Gasteiger partial charge on any atom is 0.234 e. The van der Waals surface area contributed by atoms with Gasteiger partial charge in [-0.05, 0) is 43.3 Å². The Balaban J connectivity index is 1.57. The van der Waals surface area contributed by atoms with Gasteiger partial charge in [0.25, 0.3) is 0 Å². The average Bonchev–Trinajstić information content (AvgIpc) is 3.11. The molecule has 0 spiro atoms. The van der Waals surface area contributed by atoms with Crippen molar-refractivity contribution >= 4 is 23.4 Å². The summed E-state index contributed by atoms with van der Waals surface area (Å²) in [4.78, 5) is 16.4. The number of amides is 1. The molecule has 128 valence electrons. The van der Waals surface area contributed by atoms with Crippen LogP contribution in [-0.4, -0.2) is 38.0 Å². The lowest BCUT2D eigenvalue weighted by atomic mass is 10.3. The van der Waals surface area contributed by atoms with E-state index in [0.29, 0.717) is 17.6 Å². The molecule has 0 atom stereocenters. The van der Waals surface area contributed by atoms with Crippen molar-refractivity contribution in [1.82, 2.24) is 19.7 Å². The maximum absolute atomic E-state index is 12.1. The normalized spacial score (nSPS) is 10.4. The number of thioether (sulfide) groups is 1. The van der Waals surface area contributed by atoms with E-state index in [4.69, 9.17) is 4.74 Å². The van der Waals surface area contributed by atoms with E-state index in [2.05, 4.69) is 20.5 Å². The fourth-order valence-corrected chi connectivity index (χ4v) is 2.82. The van der Waals surface area contributed by atoms with Crippen molar-refractivity contribution < 1.29 is 9.53 Å². The van der Waals surface area contributed by atoms with Gasteiger partial charge >= 0.3 is 0 Å². The van der Waals surface area contributed by atoms with Crippen LogP contribution in [-0.2, 0) is 4.79 Å². The molecule has 2 aromatic heterocycles. The Morgan fingerprint density at radius 2 is 2.08 bits per heavy atom. The van der Waals surface area contributed by atoms with Crippen molar-refractivity contribution in [2.75, 3.05) is 17.7 Å². The summed E-state index contributed by atoms with van der Waals surface area (Å²) < 4.78 is 7.12.